The Morgan fingerprint density at radius 3 is 2.79 bits per heavy atom. The summed E-state index contributed by atoms with van der Waals surface area (Å²) in [5.41, 5.74) is 0. The molecule has 0 aliphatic heterocycles. The van der Waals surface area contributed by atoms with Crippen LogP contribution in [0.5, 0.6) is 0 Å². The molecule has 0 bridgehead atoms. The van der Waals surface area contributed by atoms with Crippen molar-refractivity contribution in [3.63, 3.8) is 0 Å². The first-order valence-corrected chi connectivity index (χ1v) is 7.41. The van der Waals surface area contributed by atoms with Gasteiger partial charge in [-0.15, -0.1) is 0 Å². The molecule has 0 aliphatic carbocycles. The second-order valence-corrected chi connectivity index (χ2v) is 4.83. The van der Waals surface area contributed by atoms with Gasteiger partial charge in [-0.3, -0.25) is 4.79 Å². The Labute approximate surface area is 118 Å². The van der Waals surface area contributed by atoms with E-state index in [0.29, 0.717) is 11.7 Å². The zero-order valence-electron chi connectivity index (χ0n) is 11.9. The van der Waals surface area contributed by atoms with Crippen molar-refractivity contribution in [1.82, 2.24) is 15.3 Å². The predicted octanol–water partition coefficient (Wildman–Crippen LogP) is 1.20. The fraction of sp³-hybridized carbons (Fsp3) is 0.583. The molecule has 6 nitrogen and oxygen atoms in total. The molecule has 0 atom stereocenters. The van der Waals surface area contributed by atoms with Crippen LogP contribution in [0.3, 0.4) is 0 Å². The lowest BCUT2D eigenvalue weighted by molar-refractivity contribution is -0.119. The molecule has 0 spiro atoms. The number of anilines is 2. The molecule has 1 rings (SSSR count). The van der Waals surface area contributed by atoms with Crippen LogP contribution in [-0.4, -0.2) is 49.3 Å². The monoisotopic (exact) mass is 283 g/mol. The SMILES string of the molecule is CCCNC(=O)CN(C)c1cc(NC)nc(SC)n1. The minimum absolute atomic E-state index is 0.000304. The average molecular weight is 283 g/mol. The summed E-state index contributed by atoms with van der Waals surface area (Å²) >= 11 is 1.47. The second kappa shape index (κ2) is 7.83. The molecule has 2 N–H and O–H groups in total. The van der Waals surface area contributed by atoms with Crippen LogP contribution in [0.15, 0.2) is 11.2 Å². The van der Waals surface area contributed by atoms with Crippen molar-refractivity contribution in [3.8, 4) is 0 Å². The van der Waals surface area contributed by atoms with Gasteiger partial charge in [-0.1, -0.05) is 18.7 Å². The molecule has 106 valence electrons. The Bertz CT molecular complexity index is 404. The van der Waals surface area contributed by atoms with Crippen LogP contribution >= 0.6 is 11.8 Å². The topological polar surface area (TPSA) is 70.2 Å². The number of rotatable bonds is 7. The van der Waals surface area contributed by atoms with E-state index in [1.54, 1.807) is 0 Å². The summed E-state index contributed by atoms with van der Waals surface area (Å²) in [5, 5.41) is 6.52. The van der Waals surface area contributed by atoms with Gasteiger partial charge in [0.05, 0.1) is 6.54 Å². The molecular weight excluding hydrogens is 262 g/mol. The van der Waals surface area contributed by atoms with Gasteiger partial charge < -0.3 is 15.5 Å². The summed E-state index contributed by atoms with van der Waals surface area (Å²) in [6.45, 7) is 3.01. The van der Waals surface area contributed by atoms with E-state index < -0.39 is 0 Å². The first-order valence-electron chi connectivity index (χ1n) is 6.19. The molecule has 1 heterocycles. The number of likely N-dealkylation sites (N-methyl/N-ethyl adjacent to an activating group) is 1. The van der Waals surface area contributed by atoms with Crippen LogP contribution in [-0.2, 0) is 4.79 Å². The van der Waals surface area contributed by atoms with Crippen molar-refractivity contribution in [2.75, 3.05) is 43.7 Å². The van der Waals surface area contributed by atoms with Crippen LogP contribution in [0.1, 0.15) is 13.3 Å². The van der Waals surface area contributed by atoms with E-state index in [0.717, 1.165) is 18.1 Å². The van der Waals surface area contributed by atoms with Crippen molar-refractivity contribution in [2.24, 2.45) is 0 Å². The van der Waals surface area contributed by atoms with Gasteiger partial charge in [-0.05, 0) is 12.7 Å². The summed E-state index contributed by atoms with van der Waals surface area (Å²) in [6, 6.07) is 1.83. The van der Waals surface area contributed by atoms with E-state index in [-0.39, 0.29) is 12.5 Å². The molecule has 0 unspecified atom stereocenters. The highest BCUT2D eigenvalue weighted by Gasteiger charge is 2.10. The molecule has 0 saturated carbocycles. The van der Waals surface area contributed by atoms with E-state index in [1.807, 2.05) is 38.2 Å². The van der Waals surface area contributed by atoms with Crippen molar-refractivity contribution >= 4 is 29.3 Å². The molecular formula is C12H21N5OS. The van der Waals surface area contributed by atoms with Crippen molar-refractivity contribution < 1.29 is 4.79 Å². The van der Waals surface area contributed by atoms with Crippen LogP contribution in [0.4, 0.5) is 11.6 Å². The molecule has 0 radical (unpaired) electrons. The van der Waals surface area contributed by atoms with Crippen molar-refractivity contribution in [3.05, 3.63) is 6.07 Å². The number of amides is 1. The minimum atomic E-state index is -0.000304. The minimum Gasteiger partial charge on any atom is -0.373 e. The third-order valence-electron chi connectivity index (χ3n) is 2.47. The molecule has 1 aromatic rings. The van der Waals surface area contributed by atoms with Gasteiger partial charge in [-0.2, -0.15) is 0 Å². The number of hydrogen-bond donors (Lipinski definition) is 2. The fourth-order valence-electron chi connectivity index (χ4n) is 1.44. The van der Waals surface area contributed by atoms with Crippen LogP contribution < -0.4 is 15.5 Å². The Morgan fingerprint density at radius 2 is 2.21 bits per heavy atom. The first-order chi connectivity index (χ1) is 9.10. The van der Waals surface area contributed by atoms with Crippen LogP contribution in [0.2, 0.25) is 0 Å². The normalized spacial score (nSPS) is 10.1. The molecule has 7 heteroatoms. The Hall–Kier alpha value is -1.50. The summed E-state index contributed by atoms with van der Waals surface area (Å²) in [6.07, 6.45) is 2.86. The van der Waals surface area contributed by atoms with Crippen LogP contribution in [0.25, 0.3) is 0 Å². The number of carbonyl (C=O) groups excluding carboxylic acids is 1. The molecule has 19 heavy (non-hydrogen) atoms. The maximum atomic E-state index is 11.7. The molecule has 1 amide bonds. The lowest BCUT2D eigenvalue weighted by atomic mass is 10.4. The largest absolute Gasteiger partial charge is 0.373 e. The van der Waals surface area contributed by atoms with E-state index in [9.17, 15) is 4.79 Å². The molecule has 0 aliphatic rings. The lowest BCUT2D eigenvalue weighted by Crippen LogP contribution is -2.35. The number of thioether (sulfide) groups is 1. The van der Waals surface area contributed by atoms with Gasteiger partial charge in [-0.25, -0.2) is 9.97 Å². The third-order valence-corrected chi connectivity index (χ3v) is 3.02. The molecule has 0 saturated heterocycles. The third kappa shape index (κ3) is 4.94. The van der Waals surface area contributed by atoms with Gasteiger partial charge in [0.1, 0.15) is 11.6 Å². The molecule has 0 fully saturated rings. The number of carbonyl (C=O) groups is 1. The Kier molecular flexibility index (Phi) is 6.41. The van der Waals surface area contributed by atoms with E-state index in [4.69, 9.17) is 0 Å². The number of hydrogen-bond acceptors (Lipinski definition) is 6. The summed E-state index contributed by atoms with van der Waals surface area (Å²) < 4.78 is 0. The average Bonchev–Trinajstić information content (AvgIpc) is 2.44. The van der Waals surface area contributed by atoms with E-state index >= 15 is 0 Å². The zero-order valence-corrected chi connectivity index (χ0v) is 12.7. The van der Waals surface area contributed by atoms with Crippen LogP contribution in [0, 0.1) is 0 Å². The lowest BCUT2D eigenvalue weighted by Gasteiger charge is -2.18. The summed E-state index contributed by atoms with van der Waals surface area (Å²) in [7, 11) is 3.65. The predicted molar refractivity (Wildman–Crippen MR) is 79.9 cm³/mol. The van der Waals surface area contributed by atoms with Gasteiger partial charge in [0.25, 0.3) is 0 Å². The molecule has 1 aromatic heterocycles. The Balaban J connectivity index is 2.75. The number of nitrogens with zero attached hydrogens (tertiary/aromatic N) is 3. The van der Waals surface area contributed by atoms with Crippen molar-refractivity contribution in [2.45, 2.75) is 18.5 Å². The standard InChI is InChI=1S/C12H21N5OS/c1-5-6-14-11(18)8-17(3)10-7-9(13-2)15-12(16-10)19-4/h7H,5-6,8H2,1-4H3,(H,14,18)(H,13,15,16). The first kappa shape index (κ1) is 15.6. The zero-order chi connectivity index (χ0) is 14.3. The van der Waals surface area contributed by atoms with E-state index in [1.165, 1.54) is 11.8 Å². The molecule has 0 aromatic carbocycles. The smallest absolute Gasteiger partial charge is 0.239 e. The number of aromatic nitrogens is 2. The highest BCUT2D eigenvalue weighted by Crippen LogP contribution is 2.19. The number of nitrogens with one attached hydrogen (secondary N) is 2. The maximum absolute atomic E-state index is 11.7. The van der Waals surface area contributed by atoms with Gasteiger partial charge >= 0.3 is 0 Å². The van der Waals surface area contributed by atoms with E-state index in [2.05, 4.69) is 20.6 Å². The van der Waals surface area contributed by atoms with Gasteiger partial charge in [0.2, 0.25) is 5.91 Å². The summed E-state index contributed by atoms with van der Waals surface area (Å²) in [4.78, 5) is 22.2. The highest BCUT2D eigenvalue weighted by molar-refractivity contribution is 7.98. The second-order valence-electron chi connectivity index (χ2n) is 4.05. The Morgan fingerprint density at radius 1 is 1.47 bits per heavy atom. The van der Waals surface area contributed by atoms with Gasteiger partial charge in [0, 0.05) is 26.7 Å². The maximum Gasteiger partial charge on any atom is 0.239 e. The quantitative estimate of drug-likeness (QED) is 0.579. The van der Waals surface area contributed by atoms with Crippen molar-refractivity contribution in [1.29, 1.82) is 0 Å². The van der Waals surface area contributed by atoms with Gasteiger partial charge in [0.15, 0.2) is 5.16 Å². The summed E-state index contributed by atoms with van der Waals surface area (Å²) in [5.74, 6) is 1.48. The highest BCUT2D eigenvalue weighted by atomic mass is 32.2. The fourth-order valence-corrected chi connectivity index (χ4v) is 1.82.